The Balaban J connectivity index is 1.98. The lowest BCUT2D eigenvalue weighted by molar-refractivity contribution is -0.114. The van der Waals surface area contributed by atoms with E-state index < -0.39 is 5.97 Å². The van der Waals surface area contributed by atoms with Crippen molar-refractivity contribution < 1.29 is 14.7 Å². The molecule has 0 aromatic heterocycles. The van der Waals surface area contributed by atoms with Gasteiger partial charge in [-0.05, 0) is 48.9 Å². The molecular weight excluding hydrogens is 408 g/mol. The lowest BCUT2D eigenvalue weighted by Gasteiger charge is -2.13. The molecule has 7 heteroatoms. The highest BCUT2D eigenvalue weighted by Crippen LogP contribution is 2.29. The molecule has 1 heterocycles. The minimum atomic E-state index is -1.16. The second-order valence-electron chi connectivity index (χ2n) is 5.38. The standard InChI is InChI=1S/C18H12BrClN2O3/c1-10-14(8-11-3-2-4-12(19)7-11)17(23)22(21-10)13-5-6-16(20)15(9-13)18(24)25/h2-9H,1H3,(H,24,25)/b14-8+. The minimum Gasteiger partial charge on any atom is -0.478 e. The first-order valence-electron chi connectivity index (χ1n) is 7.27. The number of amides is 1. The quantitative estimate of drug-likeness (QED) is 0.739. The number of aromatic carboxylic acids is 1. The molecule has 0 atom stereocenters. The largest absolute Gasteiger partial charge is 0.478 e. The van der Waals surface area contributed by atoms with Crippen LogP contribution in [-0.2, 0) is 4.79 Å². The predicted molar refractivity (Wildman–Crippen MR) is 101 cm³/mol. The Morgan fingerprint density at radius 3 is 2.72 bits per heavy atom. The molecule has 0 aliphatic carbocycles. The summed E-state index contributed by atoms with van der Waals surface area (Å²) in [6.45, 7) is 1.73. The van der Waals surface area contributed by atoms with Crippen LogP contribution in [-0.4, -0.2) is 22.7 Å². The van der Waals surface area contributed by atoms with Gasteiger partial charge < -0.3 is 5.11 Å². The smallest absolute Gasteiger partial charge is 0.337 e. The normalized spacial score (nSPS) is 15.6. The third kappa shape index (κ3) is 3.50. The fourth-order valence-corrected chi connectivity index (χ4v) is 3.05. The van der Waals surface area contributed by atoms with Crippen LogP contribution in [0.4, 0.5) is 5.69 Å². The minimum absolute atomic E-state index is 0.0794. The van der Waals surface area contributed by atoms with E-state index in [-0.39, 0.29) is 16.5 Å². The van der Waals surface area contributed by atoms with Gasteiger partial charge >= 0.3 is 5.97 Å². The van der Waals surface area contributed by atoms with E-state index in [1.165, 1.54) is 17.1 Å². The fraction of sp³-hybridized carbons (Fsp3) is 0.0556. The summed E-state index contributed by atoms with van der Waals surface area (Å²) in [6.07, 6.45) is 1.75. The molecule has 3 rings (SSSR count). The van der Waals surface area contributed by atoms with E-state index >= 15 is 0 Å². The average Bonchev–Trinajstić information content (AvgIpc) is 2.83. The van der Waals surface area contributed by atoms with Gasteiger partial charge in [-0.3, -0.25) is 4.79 Å². The summed E-state index contributed by atoms with van der Waals surface area (Å²) >= 11 is 9.27. The first kappa shape index (κ1) is 17.4. The zero-order valence-electron chi connectivity index (χ0n) is 13.0. The molecule has 0 fully saturated rings. The van der Waals surface area contributed by atoms with Crippen LogP contribution in [0.1, 0.15) is 22.8 Å². The third-order valence-electron chi connectivity index (χ3n) is 3.65. The van der Waals surface area contributed by atoms with Gasteiger partial charge in [0.1, 0.15) is 0 Å². The number of carboxylic acids is 1. The molecule has 0 saturated heterocycles. The molecule has 25 heavy (non-hydrogen) atoms. The zero-order valence-corrected chi connectivity index (χ0v) is 15.4. The molecule has 1 aliphatic heterocycles. The summed E-state index contributed by atoms with van der Waals surface area (Å²) in [5.41, 5.74) is 2.13. The topological polar surface area (TPSA) is 70.0 Å². The van der Waals surface area contributed by atoms with Gasteiger partial charge in [-0.1, -0.05) is 39.7 Å². The summed E-state index contributed by atoms with van der Waals surface area (Å²) in [5, 5.41) is 14.7. The molecule has 1 N–H and O–H groups in total. The van der Waals surface area contributed by atoms with Crippen molar-refractivity contribution in [2.45, 2.75) is 6.92 Å². The van der Waals surface area contributed by atoms with Crippen LogP contribution >= 0.6 is 27.5 Å². The van der Waals surface area contributed by atoms with Crippen molar-refractivity contribution in [1.29, 1.82) is 0 Å². The van der Waals surface area contributed by atoms with Gasteiger partial charge in [0.2, 0.25) is 0 Å². The van der Waals surface area contributed by atoms with Crippen molar-refractivity contribution in [2.24, 2.45) is 5.10 Å². The Labute approximate surface area is 157 Å². The first-order chi connectivity index (χ1) is 11.9. The van der Waals surface area contributed by atoms with Crippen LogP contribution in [0.3, 0.4) is 0 Å². The van der Waals surface area contributed by atoms with Crippen LogP contribution in [0, 0.1) is 0 Å². The van der Waals surface area contributed by atoms with E-state index in [0.29, 0.717) is 17.0 Å². The van der Waals surface area contributed by atoms with Crippen LogP contribution in [0.25, 0.3) is 6.08 Å². The van der Waals surface area contributed by atoms with Crippen molar-refractivity contribution in [1.82, 2.24) is 0 Å². The van der Waals surface area contributed by atoms with Gasteiger partial charge in [-0.2, -0.15) is 10.1 Å². The van der Waals surface area contributed by atoms with Gasteiger partial charge in [-0.15, -0.1) is 0 Å². The molecule has 5 nitrogen and oxygen atoms in total. The van der Waals surface area contributed by atoms with E-state index in [0.717, 1.165) is 10.0 Å². The maximum absolute atomic E-state index is 12.7. The number of hydrazone groups is 1. The van der Waals surface area contributed by atoms with Crippen molar-refractivity contribution in [3.05, 3.63) is 68.7 Å². The van der Waals surface area contributed by atoms with Crippen molar-refractivity contribution in [3.63, 3.8) is 0 Å². The Kier molecular flexibility index (Phi) is 4.74. The highest BCUT2D eigenvalue weighted by Gasteiger charge is 2.29. The summed E-state index contributed by atoms with van der Waals surface area (Å²) in [5.74, 6) is -1.49. The highest BCUT2D eigenvalue weighted by atomic mass is 79.9. The molecule has 0 saturated carbocycles. The molecule has 0 bridgehead atoms. The fourth-order valence-electron chi connectivity index (χ4n) is 2.43. The van der Waals surface area contributed by atoms with Crippen molar-refractivity contribution in [2.75, 3.05) is 5.01 Å². The van der Waals surface area contributed by atoms with Crippen LogP contribution < -0.4 is 5.01 Å². The maximum Gasteiger partial charge on any atom is 0.337 e. The highest BCUT2D eigenvalue weighted by molar-refractivity contribution is 9.10. The van der Waals surface area contributed by atoms with Gasteiger partial charge in [0.25, 0.3) is 5.91 Å². The van der Waals surface area contributed by atoms with E-state index in [1.54, 1.807) is 19.1 Å². The summed E-state index contributed by atoms with van der Waals surface area (Å²) in [4.78, 5) is 24.0. The van der Waals surface area contributed by atoms with E-state index in [4.69, 9.17) is 11.6 Å². The number of hydrogen-bond donors (Lipinski definition) is 1. The first-order valence-corrected chi connectivity index (χ1v) is 8.44. The Morgan fingerprint density at radius 1 is 1.28 bits per heavy atom. The van der Waals surface area contributed by atoms with Gasteiger partial charge in [0, 0.05) is 4.47 Å². The predicted octanol–water partition coefficient (Wildman–Crippen LogP) is 4.61. The van der Waals surface area contributed by atoms with Gasteiger partial charge in [0.15, 0.2) is 0 Å². The van der Waals surface area contributed by atoms with Crippen molar-refractivity contribution >= 4 is 56.9 Å². The number of benzene rings is 2. The molecule has 2 aromatic rings. The number of rotatable bonds is 3. The van der Waals surface area contributed by atoms with Crippen LogP contribution in [0.5, 0.6) is 0 Å². The summed E-state index contributed by atoms with van der Waals surface area (Å²) in [6, 6.07) is 11.9. The maximum atomic E-state index is 12.7. The lowest BCUT2D eigenvalue weighted by Crippen LogP contribution is -2.21. The second-order valence-corrected chi connectivity index (χ2v) is 6.71. The van der Waals surface area contributed by atoms with Crippen molar-refractivity contribution in [3.8, 4) is 0 Å². The second kappa shape index (κ2) is 6.82. The average molecular weight is 420 g/mol. The van der Waals surface area contributed by atoms with E-state index in [2.05, 4.69) is 21.0 Å². The molecule has 0 radical (unpaired) electrons. The number of nitrogens with zero attached hydrogens (tertiary/aromatic N) is 2. The lowest BCUT2D eigenvalue weighted by atomic mass is 10.1. The third-order valence-corrected chi connectivity index (χ3v) is 4.47. The molecule has 0 unspecified atom stereocenters. The summed E-state index contributed by atoms with van der Waals surface area (Å²) in [7, 11) is 0. The Hall–Kier alpha value is -2.44. The monoisotopic (exact) mass is 418 g/mol. The van der Waals surface area contributed by atoms with E-state index in [1.807, 2.05) is 24.3 Å². The Bertz CT molecular complexity index is 953. The van der Waals surface area contributed by atoms with E-state index in [9.17, 15) is 14.7 Å². The molecule has 126 valence electrons. The summed E-state index contributed by atoms with van der Waals surface area (Å²) < 4.78 is 0.905. The number of hydrogen-bond acceptors (Lipinski definition) is 3. The number of carboxylic acid groups (broad SMARTS) is 1. The molecule has 1 aliphatic rings. The number of carbonyl (C=O) groups is 2. The molecular formula is C18H12BrClN2O3. The molecule has 0 spiro atoms. The number of halogens is 2. The van der Waals surface area contributed by atoms with Crippen LogP contribution in [0.2, 0.25) is 5.02 Å². The van der Waals surface area contributed by atoms with Gasteiger partial charge in [0.05, 0.1) is 27.6 Å². The number of carbonyl (C=O) groups excluding carboxylic acids is 1. The van der Waals surface area contributed by atoms with Gasteiger partial charge in [-0.25, -0.2) is 4.79 Å². The number of anilines is 1. The molecule has 2 aromatic carbocycles. The zero-order chi connectivity index (χ0) is 18.1. The molecule has 1 amide bonds. The Morgan fingerprint density at radius 2 is 2.04 bits per heavy atom. The van der Waals surface area contributed by atoms with Crippen LogP contribution in [0.15, 0.2) is 57.6 Å². The SMILES string of the molecule is CC1=NN(c2ccc(Cl)c(C(=O)O)c2)C(=O)/C1=C/c1cccc(Br)c1.